The lowest BCUT2D eigenvalue weighted by Crippen LogP contribution is -2.36. The predicted molar refractivity (Wildman–Crippen MR) is 71.6 cm³/mol. The van der Waals surface area contributed by atoms with Crippen LogP contribution in [0.1, 0.15) is 18.4 Å². The minimum Gasteiger partial charge on any atom is -0.384 e. The summed E-state index contributed by atoms with van der Waals surface area (Å²) in [4.78, 5) is 11.1. The summed E-state index contributed by atoms with van der Waals surface area (Å²) < 4.78 is 5.21. The van der Waals surface area contributed by atoms with Crippen LogP contribution in [-0.2, 0) is 11.3 Å². The van der Waals surface area contributed by atoms with Crippen molar-refractivity contribution in [3.8, 4) is 0 Å². The van der Waals surface area contributed by atoms with Crippen molar-refractivity contribution in [2.24, 2.45) is 5.92 Å². The van der Waals surface area contributed by atoms with Crippen molar-refractivity contribution in [2.75, 3.05) is 38.8 Å². The van der Waals surface area contributed by atoms with Crippen molar-refractivity contribution < 1.29 is 4.74 Å². The van der Waals surface area contributed by atoms with Gasteiger partial charge in [0, 0.05) is 51.3 Å². The first-order valence-electron chi connectivity index (χ1n) is 6.53. The summed E-state index contributed by atoms with van der Waals surface area (Å²) in [6.45, 7) is 3.74. The van der Waals surface area contributed by atoms with E-state index in [1.54, 1.807) is 7.11 Å². The van der Waals surface area contributed by atoms with Crippen molar-refractivity contribution in [2.45, 2.75) is 19.4 Å². The number of aromatic nitrogens is 2. The predicted octanol–water partition coefficient (Wildman–Crippen LogP) is 1.06. The summed E-state index contributed by atoms with van der Waals surface area (Å²) in [5.41, 5.74) is 1.12. The number of piperidine rings is 1. The topological polar surface area (TPSA) is 50.3 Å². The largest absolute Gasteiger partial charge is 0.384 e. The second-order valence-corrected chi connectivity index (χ2v) is 4.81. The first-order valence-corrected chi connectivity index (χ1v) is 6.53. The highest BCUT2D eigenvalue weighted by Crippen LogP contribution is 2.20. The Bertz CT molecular complexity index is 347. The normalized spacial score (nSPS) is 17.1. The Hall–Kier alpha value is -1.20. The molecular formula is C13H22N4O. The van der Waals surface area contributed by atoms with E-state index in [0.717, 1.165) is 50.6 Å². The van der Waals surface area contributed by atoms with E-state index in [9.17, 15) is 0 Å². The van der Waals surface area contributed by atoms with Gasteiger partial charge in [-0.2, -0.15) is 0 Å². The van der Waals surface area contributed by atoms with Crippen molar-refractivity contribution in [3.05, 3.63) is 18.0 Å². The molecule has 0 bridgehead atoms. The maximum atomic E-state index is 5.21. The summed E-state index contributed by atoms with van der Waals surface area (Å²) in [6, 6.07) is 0. The molecule has 0 spiro atoms. The van der Waals surface area contributed by atoms with Crippen LogP contribution >= 0.6 is 0 Å². The molecule has 1 saturated heterocycles. The minimum absolute atomic E-state index is 0.690. The molecule has 0 radical (unpaired) electrons. The van der Waals surface area contributed by atoms with Gasteiger partial charge in [-0.25, -0.2) is 9.97 Å². The van der Waals surface area contributed by atoms with E-state index in [1.807, 2.05) is 19.4 Å². The fraction of sp³-hybridized carbons (Fsp3) is 0.692. The second-order valence-electron chi connectivity index (χ2n) is 4.81. The van der Waals surface area contributed by atoms with Gasteiger partial charge in [0.15, 0.2) is 0 Å². The molecule has 18 heavy (non-hydrogen) atoms. The molecular weight excluding hydrogens is 228 g/mol. The molecule has 1 aromatic heterocycles. The fourth-order valence-corrected chi connectivity index (χ4v) is 2.34. The van der Waals surface area contributed by atoms with Gasteiger partial charge in [-0.05, 0) is 25.8 Å². The molecule has 1 aliphatic rings. The number of hydrogen-bond acceptors (Lipinski definition) is 5. The Balaban J connectivity index is 1.89. The van der Waals surface area contributed by atoms with E-state index >= 15 is 0 Å². The molecule has 0 aliphatic carbocycles. The lowest BCUT2D eigenvalue weighted by molar-refractivity contribution is 0.139. The molecule has 2 rings (SSSR count). The first kappa shape index (κ1) is 13.2. The first-order chi connectivity index (χ1) is 8.83. The van der Waals surface area contributed by atoms with Gasteiger partial charge in [0.1, 0.15) is 0 Å². The third-order valence-electron chi connectivity index (χ3n) is 3.37. The van der Waals surface area contributed by atoms with Crippen molar-refractivity contribution in [1.29, 1.82) is 0 Å². The minimum atomic E-state index is 0.690. The molecule has 1 fully saturated rings. The van der Waals surface area contributed by atoms with Crippen LogP contribution in [0, 0.1) is 5.92 Å². The SMILES string of the molecule is CNCc1cnc(N2CCC(COC)CC2)nc1. The zero-order chi connectivity index (χ0) is 12.8. The molecule has 100 valence electrons. The second kappa shape index (κ2) is 6.66. The number of nitrogens with zero attached hydrogens (tertiary/aromatic N) is 3. The van der Waals surface area contributed by atoms with Gasteiger partial charge in [-0.1, -0.05) is 0 Å². The molecule has 2 heterocycles. The lowest BCUT2D eigenvalue weighted by atomic mass is 9.98. The number of rotatable bonds is 5. The van der Waals surface area contributed by atoms with E-state index in [0.29, 0.717) is 5.92 Å². The Morgan fingerprint density at radius 1 is 1.33 bits per heavy atom. The van der Waals surface area contributed by atoms with Crippen LogP contribution in [0.5, 0.6) is 0 Å². The van der Waals surface area contributed by atoms with Crippen LogP contribution in [0.3, 0.4) is 0 Å². The molecule has 0 atom stereocenters. The number of methoxy groups -OCH3 is 1. The zero-order valence-electron chi connectivity index (χ0n) is 11.2. The van der Waals surface area contributed by atoms with Gasteiger partial charge in [0.2, 0.25) is 5.95 Å². The van der Waals surface area contributed by atoms with Gasteiger partial charge in [0.05, 0.1) is 0 Å². The number of nitrogens with one attached hydrogen (secondary N) is 1. The third kappa shape index (κ3) is 3.40. The van der Waals surface area contributed by atoms with Gasteiger partial charge in [0.25, 0.3) is 0 Å². The maximum Gasteiger partial charge on any atom is 0.225 e. The van der Waals surface area contributed by atoms with E-state index in [2.05, 4.69) is 20.2 Å². The molecule has 0 aromatic carbocycles. The van der Waals surface area contributed by atoms with Crippen LogP contribution in [-0.4, -0.2) is 43.8 Å². The fourth-order valence-electron chi connectivity index (χ4n) is 2.34. The molecule has 0 amide bonds. The van der Waals surface area contributed by atoms with Crippen LogP contribution in [0.2, 0.25) is 0 Å². The Morgan fingerprint density at radius 3 is 2.56 bits per heavy atom. The Kier molecular flexibility index (Phi) is 4.90. The molecule has 5 nitrogen and oxygen atoms in total. The quantitative estimate of drug-likeness (QED) is 0.847. The van der Waals surface area contributed by atoms with Crippen molar-refractivity contribution >= 4 is 5.95 Å². The molecule has 0 saturated carbocycles. The number of hydrogen-bond donors (Lipinski definition) is 1. The third-order valence-corrected chi connectivity index (χ3v) is 3.37. The Labute approximate surface area is 109 Å². The summed E-state index contributed by atoms with van der Waals surface area (Å²) in [6.07, 6.45) is 6.13. The summed E-state index contributed by atoms with van der Waals surface area (Å²) in [5.74, 6) is 1.54. The van der Waals surface area contributed by atoms with E-state index in [1.165, 1.54) is 0 Å². The highest BCUT2D eigenvalue weighted by atomic mass is 16.5. The zero-order valence-corrected chi connectivity index (χ0v) is 11.2. The average Bonchev–Trinajstić information content (AvgIpc) is 2.41. The number of ether oxygens (including phenoxy) is 1. The van der Waals surface area contributed by atoms with Crippen LogP contribution in [0.15, 0.2) is 12.4 Å². The molecule has 0 unspecified atom stereocenters. The standard InChI is InChI=1S/C13H22N4O/c1-14-7-12-8-15-13(16-9-12)17-5-3-11(4-6-17)10-18-2/h8-9,11,14H,3-7,10H2,1-2H3. The smallest absolute Gasteiger partial charge is 0.225 e. The molecule has 1 aliphatic heterocycles. The summed E-state index contributed by atoms with van der Waals surface area (Å²) in [7, 11) is 3.70. The highest BCUT2D eigenvalue weighted by molar-refractivity contribution is 5.30. The van der Waals surface area contributed by atoms with Gasteiger partial charge in [-0.3, -0.25) is 0 Å². The van der Waals surface area contributed by atoms with E-state index < -0.39 is 0 Å². The molecule has 1 N–H and O–H groups in total. The maximum absolute atomic E-state index is 5.21. The van der Waals surface area contributed by atoms with Crippen LogP contribution in [0.4, 0.5) is 5.95 Å². The van der Waals surface area contributed by atoms with Crippen LogP contribution in [0.25, 0.3) is 0 Å². The van der Waals surface area contributed by atoms with E-state index in [-0.39, 0.29) is 0 Å². The lowest BCUT2D eigenvalue weighted by Gasteiger charge is -2.31. The van der Waals surface area contributed by atoms with Gasteiger partial charge >= 0.3 is 0 Å². The number of anilines is 1. The average molecular weight is 250 g/mol. The van der Waals surface area contributed by atoms with E-state index in [4.69, 9.17) is 4.74 Å². The summed E-state index contributed by atoms with van der Waals surface area (Å²) in [5, 5.41) is 3.10. The molecule has 1 aromatic rings. The van der Waals surface area contributed by atoms with Gasteiger partial charge in [-0.15, -0.1) is 0 Å². The van der Waals surface area contributed by atoms with Crippen molar-refractivity contribution in [3.63, 3.8) is 0 Å². The highest BCUT2D eigenvalue weighted by Gasteiger charge is 2.20. The van der Waals surface area contributed by atoms with Crippen LogP contribution < -0.4 is 10.2 Å². The van der Waals surface area contributed by atoms with Gasteiger partial charge < -0.3 is 15.0 Å². The molecule has 5 heteroatoms. The summed E-state index contributed by atoms with van der Waals surface area (Å²) >= 11 is 0. The Morgan fingerprint density at radius 2 is 2.00 bits per heavy atom. The monoisotopic (exact) mass is 250 g/mol. The van der Waals surface area contributed by atoms with Crippen molar-refractivity contribution in [1.82, 2.24) is 15.3 Å².